The van der Waals surface area contributed by atoms with Gasteiger partial charge in [-0.3, -0.25) is 4.79 Å². The maximum absolute atomic E-state index is 13.8. The zero-order valence-corrected chi connectivity index (χ0v) is 12.9. The van der Waals surface area contributed by atoms with Gasteiger partial charge >= 0.3 is 6.18 Å². The van der Waals surface area contributed by atoms with Crippen molar-refractivity contribution < 1.29 is 26.7 Å². The van der Waals surface area contributed by atoms with Crippen LogP contribution >= 0.6 is 0 Å². The van der Waals surface area contributed by atoms with Crippen molar-refractivity contribution in [2.75, 3.05) is 13.1 Å². The van der Waals surface area contributed by atoms with E-state index < -0.39 is 40.9 Å². The lowest BCUT2D eigenvalue weighted by molar-refractivity contribution is -0.141. The van der Waals surface area contributed by atoms with E-state index in [0.717, 1.165) is 18.2 Å². The van der Waals surface area contributed by atoms with Crippen molar-refractivity contribution in [1.29, 1.82) is 0 Å². The Morgan fingerprint density at radius 1 is 1.24 bits per heavy atom. The summed E-state index contributed by atoms with van der Waals surface area (Å²) in [5, 5.41) is 0. The lowest BCUT2D eigenvalue weighted by Crippen LogP contribution is -2.40. The molecule has 2 aromatic rings. The average Bonchev–Trinajstić information content (AvgIpc) is 3.05. The Morgan fingerprint density at radius 2 is 1.92 bits per heavy atom. The van der Waals surface area contributed by atoms with Crippen LogP contribution in [0.5, 0.6) is 0 Å². The number of H-pyrrole nitrogens is 1. The molecule has 134 valence electrons. The number of rotatable bonds is 2. The Hall–Kier alpha value is -2.45. The maximum atomic E-state index is 13.8. The smallest absolute Gasteiger partial charge is 0.338 e. The van der Waals surface area contributed by atoms with Gasteiger partial charge in [-0.05, 0) is 25.0 Å². The number of nitrogens with zero attached hydrogens (tertiary/aromatic N) is 2. The molecule has 0 aliphatic carbocycles. The molecule has 0 unspecified atom stereocenters. The molecule has 1 fully saturated rings. The second kappa shape index (κ2) is 6.45. The van der Waals surface area contributed by atoms with Crippen LogP contribution in [0.3, 0.4) is 0 Å². The number of nitrogens with one attached hydrogen (secondary N) is 1. The quantitative estimate of drug-likeness (QED) is 0.831. The number of aromatic nitrogens is 2. The van der Waals surface area contributed by atoms with Crippen LogP contribution < -0.4 is 0 Å². The molecule has 1 aliphatic rings. The number of halogens is 5. The third kappa shape index (κ3) is 3.49. The first-order valence-corrected chi connectivity index (χ1v) is 7.62. The van der Waals surface area contributed by atoms with E-state index in [1.165, 1.54) is 4.90 Å². The Morgan fingerprint density at radius 3 is 2.52 bits per heavy atom. The summed E-state index contributed by atoms with van der Waals surface area (Å²) in [6.45, 7) is 0.313. The molecule has 1 aliphatic heterocycles. The second-order valence-electron chi connectivity index (χ2n) is 5.87. The first-order chi connectivity index (χ1) is 11.8. The van der Waals surface area contributed by atoms with Gasteiger partial charge in [0, 0.05) is 19.0 Å². The van der Waals surface area contributed by atoms with E-state index >= 15 is 0 Å². The normalized spacial score (nSPS) is 18.4. The number of carbonyl (C=O) groups excluding carboxylic acids is 1. The molecular weight excluding hydrogens is 345 g/mol. The standard InChI is InChI=1S/C16H14F5N3O/c17-10-4-1-5-11(18)13(10)15(25)24-6-2-3-9(8-24)14-22-7-12(23-14)16(19,20)21/h1,4-5,7,9H,2-3,6,8H2,(H,22,23)/t9-/m1/s1. The minimum Gasteiger partial charge on any atom is -0.338 e. The fourth-order valence-corrected chi connectivity index (χ4v) is 2.93. The van der Waals surface area contributed by atoms with Gasteiger partial charge in [-0.25, -0.2) is 13.8 Å². The summed E-state index contributed by atoms with van der Waals surface area (Å²) in [7, 11) is 0. The van der Waals surface area contributed by atoms with Crippen LogP contribution in [0.1, 0.15) is 40.6 Å². The number of hydrogen-bond donors (Lipinski definition) is 1. The lowest BCUT2D eigenvalue weighted by Gasteiger charge is -2.32. The monoisotopic (exact) mass is 359 g/mol. The van der Waals surface area contributed by atoms with E-state index in [2.05, 4.69) is 9.97 Å². The Labute approximate surface area is 139 Å². The van der Waals surface area contributed by atoms with Gasteiger partial charge in [0.2, 0.25) is 0 Å². The molecule has 1 amide bonds. The molecule has 1 aromatic heterocycles. The molecule has 3 rings (SSSR count). The fraction of sp³-hybridized carbons (Fsp3) is 0.375. The highest BCUT2D eigenvalue weighted by atomic mass is 19.4. The molecule has 25 heavy (non-hydrogen) atoms. The number of imidazole rings is 1. The summed E-state index contributed by atoms with van der Waals surface area (Å²) in [6.07, 6.45) is -2.82. The minimum absolute atomic E-state index is 0.0391. The third-order valence-electron chi connectivity index (χ3n) is 4.17. The first-order valence-electron chi connectivity index (χ1n) is 7.62. The van der Waals surface area contributed by atoms with E-state index in [4.69, 9.17) is 0 Å². The molecule has 2 heterocycles. The Kier molecular flexibility index (Phi) is 4.49. The van der Waals surface area contributed by atoms with Crippen molar-refractivity contribution >= 4 is 5.91 Å². The zero-order valence-electron chi connectivity index (χ0n) is 12.9. The molecule has 1 atom stereocenters. The topological polar surface area (TPSA) is 49.0 Å². The van der Waals surface area contributed by atoms with Crippen molar-refractivity contribution in [3.8, 4) is 0 Å². The van der Waals surface area contributed by atoms with Crippen LogP contribution in [0.2, 0.25) is 0 Å². The Bertz CT molecular complexity index is 766. The second-order valence-corrected chi connectivity index (χ2v) is 5.87. The summed E-state index contributed by atoms with van der Waals surface area (Å²) < 4.78 is 65.6. The van der Waals surface area contributed by atoms with Gasteiger partial charge in [0.05, 0.1) is 6.20 Å². The summed E-state index contributed by atoms with van der Waals surface area (Å²) in [5.41, 5.74) is -1.62. The van der Waals surface area contributed by atoms with Crippen molar-refractivity contribution in [1.82, 2.24) is 14.9 Å². The fourth-order valence-electron chi connectivity index (χ4n) is 2.93. The summed E-state index contributed by atoms with van der Waals surface area (Å²) >= 11 is 0. The SMILES string of the molecule is O=C(c1c(F)cccc1F)N1CCC[C@@H](c2ncc(C(F)(F)F)[nH]2)C1. The van der Waals surface area contributed by atoms with Crippen molar-refractivity contribution in [2.24, 2.45) is 0 Å². The van der Waals surface area contributed by atoms with Crippen LogP contribution in [-0.4, -0.2) is 33.9 Å². The zero-order chi connectivity index (χ0) is 18.2. The number of piperidine rings is 1. The maximum Gasteiger partial charge on any atom is 0.432 e. The number of aromatic amines is 1. The summed E-state index contributed by atoms with van der Waals surface area (Å²) in [4.78, 5) is 19.6. The highest BCUT2D eigenvalue weighted by Crippen LogP contribution is 2.31. The minimum atomic E-state index is -4.54. The molecule has 0 saturated carbocycles. The van der Waals surface area contributed by atoms with Crippen LogP contribution in [0.4, 0.5) is 22.0 Å². The van der Waals surface area contributed by atoms with Crippen LogP contribution in [0.15, 0.2) is 24.4 Å². The number of hydrogen-bond acceptors (Lipinski definition) is 2. The molecule has 0 radical (unpaired) electrons. The summed E-state index contributed by atoms with van der Waals surface area (Å²) in [6, 6.07) is 3.13. The molecule has 0 bridgehead atoms. The number of alkyl halides is 3. The van der Waals surface area contributed by atoms with Crippen molar-refractivity contribution in [3.63, 3.8) is 0 Å². The predicted molar refractivity (Wildman–Crippen MR) is 77.8 cm³/mol. The van der Waals surface area contributed by atoms with Crippen LogP contribution in [0.25, 0.3) is 0 Å². The number of benzene rings is 1. The van der Waals surface area contributed by atoms with Crippen molar-refractivity contribution in [2.45, 2.75) is 24.9 Å². The molecule has 9 heteroatoms. The molecular formula is C16H14F5N3O. The molecule has 1 saturated heterocycles. The lowest BCUT2D eigenvalue weighted by atomic mass is 9.96. The van der Waals surface area contributed by atoms with Crippen LogP contribution in [0, 0.1) is 11.6 Å². The highest BCUT2D eigenvalue weighted by Gasteiger charge is 2.35. The number of likely N-dealkylation sites (tertiary alicyclic amines) is 1. The van der Waals surface area contributed by atoms with Crippen molar-refractivity contribution in [3.05, 3.63) is 53.1 Å². The van der Waals surface area contributed by atoms with Crippen LogP contribution in [-0.2, 0) is 6.18 Å². The molecule has 1 aromatic carbocycles. The first kappa shape index (κ1) is 17.4. The van der Waals surface area contributed by atoms with Gasteiger partial charge < -0.3 is 9.88 Å². The van der Waals surface area contributed by atoms with E-state index in [0.29, 0.717) is 19.0 Å². The average molecular weight is 359 g/mol. The van der Waals surface area contributed by atoms with E-state index in [9.17, 15) is 26.7 Å². The number of amides is 1. The van der Waals surface area contributed by atoms with Gasteiger partial charge in [-0.2, -0.15) is 13.2 Å². The molecule has 0 spiro atoms. The van der Waals surface area contributed by atoms with Gasteiger partial charge in [0.1, 0.15) is 28.7 Å². The summed E-state index contributed by atoms with van der Waals surface area (Å²) in [5.74, 6) is -3.10. The largest absolute Gasteiger partial charge is 0.432 e. The van der Waals surface area contributed by atoms with Gasteiger partial charge in [-0.15, -0.1) is 0 Å². The number of carbonyl (C=O) groups is 1. The van der Waals surface area contributed by atoms with Gasteiger partial charge in [0.15, 0.2) is 0 Å². The van der Waals surface area contributed by atoms with E-state index in [-0.39, 0.29) is 18.9 Å². The van der Waals surface area contributed by atoms with Gasteiger partial charge in [-0.1, -0.05) is 6.07 Å². The predicted octanol–water partition coefficient (Wildman–Crippen LogP) is 3.73. The Balaban J connectivity index is 1.79. The van der Waals surface area contributed by atoms with E-state index in [1.54, 1.807) is 0 Å². The van der Waals surface area contributed by atoms with E-state index in [1.807, 2.05) is 0 Å². The molecule has 4 nitrogen and oxygen atoms in total. The third-order valence-corrected chi connectivity index (χ3v) is 4.17. The molecule has 1 N–H and O–H groups in total. The van der Waals surface area contributed by atoms with Gasteiger partial charge in [0.25, 0.3) is 5.91 Å². The highest BCUT2D eigenvalue weighted by molar-refractivity contribution is 5.94.